The number of carbonyl (C=O) groups excluding carboxylic acids is 1. The third-order valence-electron chi connectivity index (χ3n) is 1.48. The number of anilines is 1. The first-order chi connectivity index (χ1) is 6.15. The number of rotatable bonds is 2. The molecule has 0 unspecified atom stereocenters. The monoisotopic (exact) mass is 183 g/mol. The Balaban J connectivity index is 3.19. The Morgan fingerprint density at radius 2 is 2.00 bits per heavy atom. The zero-order chi connectivity index (χ0) is 9.84. The van der Waals surface area contributed by atoms with Gasteiger partial charge in [-0.1, -0.05) is 0 Å². The van der Waals surface area contributed by atoms with Crippen molar-refractivity contribution in [1.82, 2.24) is 0 Å². The van der Waals surface area contributed by atoms with Gasteiger partial charge in [-0.15, -0.1) is 0 Å². The number of hydrogen-bond acceptors (Lipinski definition) is 2. The van der Waals surface area contributed by atoms with Gasteiger partial charge >= 0.3 is 0 Å². The molecule has 0 radical (unpaired) electrons. The topological polar surface area (TPSA) is 43.1 Å². The fourth-order valence-electron chi connectivity index (χ4n) is 0.886. The first-order valence-corrected chi connectivity index (χ1v) is 3.51. The molecule has 2 nitrogen and oxygen atoms in total. The number of hydrogen-bond donors (Lipinski definition) is 1. The van der Waals surface area contributed by atoms with Crippen LogP contribution >= 0.6 is 0 Å². The van der Waals surface area contributed by atoms with Gasteiger partial charge in [0.15, 0.2) is 0 Å². The number of halogens is 2. The van der Waals surface area contributed by atoms with Gasteiger partial charge in [0.05, 0.1) is 5.69 Å². The summed E-state index contributed by atoms with van der Waals surface area (Å²) in [6.45, 7) is 0. The molecule has 0 bridgehead atoms. The molecule has 0 saturated carbocycles. The zero-order valence-electron chi connectivity index (χ0n) is 6.63. The molecule has 1 rings (SSSR count). The second-order valence-electron chi connectivity index (χ2n) is 2.39. The van der Waals surface area contributed by atoms with Crippen LogP contribution in [0.5, 0.6) is 0 Å². The Kier molecular flexibility index (Phi) is 2.74. The first-order valence-electron chi connectivity index (χ1n) is 3.51. The molecule has 0 aliphatic heterocycles. The van der Waals surface area contributed by atoms with E-state index in [9.17, 15) is 13.6 Å². The molecule has 0 saturated heterocycles. The van der Waals surface area contributed by atoms with E-state index >= 15 is 0 Å². The Bertz CT molecular complexity index is 361. The fourth-order valence-corrected chi connectivity index (χ4v) is 0.886. The highest BCUT2D eigenvalue weighted by Crippen LogP contribution is 2.19. The van der Waals surface area contributed by atoms with Crippen LogP contribution in [0.15, 0.2) is 18.2 Å². The van der Waals surface area contributed by atoms with Crippen molar-refractivity contribution in [2.24, 2.45) is 0 Å². The van der Waals surface area contributed by atoms with Crippen LogP contribution in [0, 0.1) is 11.6 Å². The molecule has 2 N–H and O–H groups in total. The molecule has 0 amide bonds. The van der Waals surface area contributed by atoms with Crippen LogP contribution in [0.1, 0.15) is 5.56 Å². The number of nitrogens with two attached hydrogens (primary N) is 1. The quantitative estimate of drug-likeness (QED) is 0.431. The summed E-state index contributed by atoms with van der Waals surface area (Å²) in [5, 5.41) is 0. The SMILES string of the molecule is Nc1c(F)cc(F)cc1C=CC=O. The summed E-state index contributed by atoms with van der Waals surface area (Å²) in [5.41, 5.74) is 5.27. The van der Waals surface area contributed by atoms with Crippen LogP contribution in [0.3, 0.4) is 0 Å². The molecule has 1 aromatic carbocycles. The van der Waals surface area contributed by atoms with Crippen molar-refractivity contribution >= 4 is 18.0 Å². The van der Waals surface area contributed by atoms with E-state index in [2.05, 4.69) is 0 Å². The molecule has 1 aromatic rings. The van der Waals surface area contributed by atoms with E-state index in [-0.39, 0.29) is 11.3 Å². The van der Waals surface area contributed by atoms with Crippen molar-refractivity contribution in [1.29, 1.82) is 0 Å². The number of allylic oxidation sites excluding steroid dienone is 1. The third-order valence-corrected chi connectivity index (χ3v) is 1.48. The number of nitrogen functional groups attached to an aromatic ring is 1. The molecule has 0 spiro atoms. The van der Waals surface area contributed by atoms with Crippen LogP contribution in [0.4, 0.5) is 14.5 Å². The Hall–Kier alpha value is -1.71. The van der Waals surface area contributed by atoms with E-state index in [0.717, 1.165) is 12.1 Å². The molecular formula is C9H7F2NO. The second-order valence-corrected chi connectivity index (χ2v) is 2.39. The summed E-state index contributed by atoms with van der Waals surface area (Å²) in [7, 11) is 0. The summed E-state index contributed by atoms with van der Waals surface area (Å²) >= 11 is 0. The Labute approximate surface area is 73.7 Å². The van der Waals surface area contributed by atoms with E-state index in [1.54, 1.807) is 0 Å². The van der Waals surface area contributed by atoms with Crippen LogP contribution in [-0.4, -0.2) is 6.29 Å². The average Bonchev–Trinajstić information content (AvgIpc) is 2.09. The van der Waals surface area contributed by atoms with E-state index < -0.39 is 11.6 Å². The summed E-state index contributed by atoms with van der Waals surface area (Å²) in [4.78, 5) is 9.94. The van der Waals surface area contributed by atoms with E-state index in [1.165, 1.54) is 6.08 Å². The van der Waals surface area contributed by atoms with Gasteiger partial charge in [-0.2, -0.15) is 0 Å². The molecule has 0 heterocycles. The largest absolute Gasteiger partial charge is 0.396 e. The first kappa shape index (κ1) is 9.38. The van der Waals surface area contributed by atoms with Crippen LogP contribution in [0.2, 0.25) is 0 Å². The maximum absolute atomic E-state index is 12.8. The van der Waals surface area contributed by atoms with Crippen molar-refractivity contribution < 1.29 is 13.6 Å². The predicted molar refractivity (Wildman–Crippen MR) is 45.9 cm³/mol. The molecule has 4 heteroatoms. The summed E-state index contributed by atoms with van der Waals surface area (Å²) < 4.78 is 25.4. The van der Waals surface area contributed by atoms with Crippen molar-refractivity contribution in [3.63, 3.8) is 0 Å². The minimum absolute atomic E-state index is 0.157. The number of aldehydes is 1. The van der Waals surface area contributed by atoms with Gasteiger partial charge < -0.3 is 5.73 Å². The van der Waals surface area contributed by atoms with Crippen molar-refractivity contribution in [2.75, 3.05) is 5.73 Å². The summed E-state index contributed by atoms with van der Waals surface area (Å²) in [5.74, 6) is -1.55. The molecule has 0 atom stereocenters. The molecular weight excluding hydrogens is 176 g/mol. The lowest BCUT2D eigenvalue weighted by Crippen LogP contribution is -1.95. The standard InChI is InChI=1S/C9H7F2NO/c10-7-4-6(2-1-3-13)9(12)8(11)5-7/h1-5H,12H2. The van der Waals surface area contributed by atoms with E-state index in [4.69, 9.17) is 5.73 Å². The molecule has 0 aromatic heterocycles. The zero-order valence-corrected chi connectivity index (χ0v) is 6.63. The minimum atomic E-state index is -0.828. The number of benzene rings is 1. The lowest BCUT2D eigenvalue weighted by atomic mass is 10.1. The highest BCUT2D eigenvalue weighted by Gasteiger charge is 2.04. The highest BCUT2D eigenvalue weighted by atomic mass is 19.1. The van der Waals surface area contributed by atoms with Crippen LogP contribution < -0.4 is 5.73 Å². The smallest absolute Gasteiger partial charge is 0.149 e. The van der Waals surface area contributed by atoms with Gasteiger partial charge in [-0.05, 0) is 18.2 Å². The van der Waals surface area contributed by atoms with Crippen molar-refractivity contribution in [3.05, 3.63) is 35.4 Å². The van der Waals surface area contributed by atoms with Crippen molar-refractivity contribution in [2.45, 2.75) is 0 Å². The predicted octanol–water partition coefficient (Wildman–Crippen LogP) is 1.76. The summed E-state index contributed by atoms with van der Waals surface area (Å²) in [6, 6.07) is 1.74. The summed E-state index contributed by atoms with van der Waals surface area (Å²) in [6.07, 6.45) is 2.86. The Morgan fingerprint density at radius 1 is 1.31 bits per heavy atom. The van der Waals surface area contributed by atoms with Gasteiger partial charge in [0.25, 0.3) is 0 Å². The lowest BCUT2D eigenvalue weighted by Gasteiger charge is -2.01. The molecule has 68 valence electrons. The van der Waals surface area contributed by atoms with Crippen LogP contribution in [0.25, 0.3) is 6.08 Å². The van der Waals surface area contributed by atoms with Gasteiger partial charge in [-0.25, -0.2) is 8.78 Å². The Morgan fingerprint density at radius 3 is 2.62 bits per heavy atom. The number of carbonyl (C=O) groups is 1. The van der Waals surface area contributed by atoms with Gasteiger partial charge in [0.2, 0.25) is 0 Å². The second kappa shape index (κ2) is 3.80. The molecule has 0 aliphatic carbocycles. The van der Waals surface area contributed by atoms with E-state index in [0.29, 0.717) is 12.4 Å². The lowest BCUT2D eigenvalue weighted by molar-refractivity contribution is -0.104. The van der Waals surface area contributed by atoms with Gasteiger partial charge in [0.1, 0.15) is 17.9 Å². The highest BCUT2D eigenvalue weighted by molar-refractivity contribution is 5.77. The van der Waals surface area contributed by atoms with Gasteiger partial charge in [0, 0.05) is 11.6 Å². The fraction of sp³-hybridized carbons (Fsp3) is 0. The van der Waals surface area contributed by atoms with Crippen molar-refractivity contribution in [3.8, 4) is 0 Å². The van der Waals surface area contributed by atoms with Gasteiger partial charge in [-0.3, -0.25) is 4.79 Å². The minimum Gasteiger partial charge on any atom is -0.396 e. The maximum Gasteiger partial charge on any atom is 0.149 e. The normalized spacial score (nSPS) is 10.6. The van der Waals surface area contributed by atoms with E-state index in [1.807, 2.05) is 0 Å². The van der Waals surface area contributed by atoms with Crippen LogP contribution in [-0.2, 0) is 4.79 Å². The third kappa shape index (κ3) is 2.11. The maximum atomic E-state index is 12.8. The molecule has 0 aliphatic rings. The average molecular weight is 183 g/mol. The molecule has 0 fully saturated rings. The molecule has 13 heavy (non-hydrogen) atoms.